The number of benzene rings is 3. The first-order chi connectivity index (χ1) is 20.9. The van der Waals surface area contributed by atoms with Crippen molar-refractivity contribution < 1.29 is 33.7 Å². The van der Waals surface area contributed by atoms with E-state index in [4.69, 9.17) is 14.2 Å². The molecule has 3 N–H and O–H groups in total. The summed E-state index contributed by atoms with van der Waals surface area (Å²) in [4.78, 5) is 43.8. The SMILES string of the molecule is CCOc1ccc(NC(=O)[C@@H]2[C@H]3C(=O)N([C@H](CO)c4ccccc4)C(C(=O)Nc4ccc(OC)cc4)C34CC[C@H]2O4)cc1. The molecular formula is C33H35N3O7. The third kappa shape index (κ3) is 5.00. The first-order valence-electron chi connectivity index (χ1n) is 14.5. The molecule has 3 saturated heterocycles. The van der Waals surface area contributed by atoms with E-state index in [2.05, 4.69) is 10.6 Å². The van der Waals surface area contributed by atoms with Gasteiger partial charge in [-0.1, -0.05) is 30.3 Å². The Morgan fingerprint density at radius 1 is 0.977 bits per heavy atom. The molecule has 3 aromatic carbocycles. The number of anilines is 2. The first-order valence-corrected chi connectivity index (χ1v) is 14.5. The number of aliphatic hydroxyl groups excluding tert-OH is 1. The molecule has 43 heavy (non-hydrogen) atoms. The zero-order chi connectivity index (χ0) is 30.1. The van der Waals surface area contributed by atoms with Crippen LogP contribution in [0.2, 0.25) is 0 Å². The molecule has 3 heterocycles. The summed E-state index contributed by atoms with van der Waals surface area (Å²) in [6, 6.07) is 21.2. The zero-order valence-corrected chi connectivity index (χ0v) is 24.1. The van der Waals surface area contributed by atoms with Gasteiger partial charge in [-0.3, -0.25) is 14.4 Å². The minimum absolute atomic E-state index is 0.342. The van der Waals surface area contributed by atoms with Crippen LogP contribution in [-0.4, -0.2) is 65.8 Å². The minimum Gasteiger partial charge on any atom is -0.497 e. The Balaban J connectivity index is 1.34. The van der Waals surface area contributed by atoms with E-state index < -0.39 is 48.1 Å². The Morgan fingerprint density at radius 3 is 2.21 bits per heavy atom. The molecule has 1 spiro atoms. The second-order valence-corrected chi connectivity index (χ2v) is 11.1. The summed E-state index contributed by atoms with van der Waals surface area (Å²) in [5.74, 6) is -1.53. The smallest absolute Gasteiger partial charge is 0.250 e. The Kier molecular flexibility index (Phi) is 7.81. The van der Waals surface area contributed by atoms with Gasteiger partial charge < -0.3 is 34.9 Å². The Bertz CT molecular complexity index is 1480. The van der Waals surface area contributed by atoms with Gasteiger partial charge in [-0.25, -0.2) is 0 Å². The molecule has 3 aromatic rings. The number of methoxy groups -OCH3 is 1. The molecule has 0 aromatic heterocycles. The molecule has 6 atom stereocenters. The number of carbonyl (C=O) groups excluding carboxylic acids is 3. The van der Waals surface area contributed by atoms with E-state index >= 15 is 0 Å². The lowest BCUT2D eigenvalue weighted by atomic mass is 9.70. The summed E-state index contributed by atoms with van der Waals surface area (Å²) in [5, 5.41) is 16.5. The van der Waals surface area contributed by atoms with Gasteiger partial charge in [0.2, 0.25) is 17.7 Å². The molecule has 3 amide bonds. The first kappa shape index (κ1) is 28.7. The number of hydrogen-bond acceptors (Lipinski definition) is 7. The van der Waals surface area contributed by atoms with Crippen molar-refractivity contribution in [3.05, 3.63) is 84.4 Å². The normalized spacial score (nSPS) is 26.1. The van der Waals surface area contributed by atoms with Gasteiger partial charge in [-0.15, -0.1) is 0 Å². The Hall–Kier alpha value is -4.41. The van der Waals surface area contributed by atoms with Crippen LogP contribution in [0.1, 0.15) is 31.4 Å². The molecule has 6 rings (SSSR count). The van der Waals surface area contributed by atoms with Crippen LogP contribution in [0.15, 0.2) is 78.9 Å². The quantitative estimate of drug-likeness (QED) is 0.331. The molecule has 2 bridgehead atoms. The van der Waals surface area contributed by atoms with Crippen LogP contribution in [-0.2, 0) is 19.1 Å². The van der Waals surface area contributed by atoms with E-state index in [1.807, 2.05) is 37.3 Å². The van der Waals surface area contributed by atoms with Gasteiger partial charge >= 0.3 is 0 Å². The lowest BCUT2D eigenvalue weighted by Crippen LogP contribution is -2.54. The molecule has 0 radical (unpaired) electrons. The maximum atomic E-state index is 14.4. The number of rotatable bonds is 10. The topological polar surface area (TPSA) is 126 Å². The summed E-state index contributed by atoms with van der Waals surface area (Å²) in [6.07, 6.45) is 0.449. The highest BCUT2D eigenvalue weighted by Gasteiger charge is 2.75. The molecular weight excluding hydrogens is 550 g/mol. The van der Waals surface area contributed by atoms with Crippen molar-refractivity contribution in [3.8, 4) is 11.5 Å². The predicted molar refractivity (Wildman–Crippen MR) is 159 cm³/mol. The third-order valence-corrected chi connectivity index (χ3v) is 8.77. The molecule has 3 aliphatic rings. The van der Waals surface area contributed by atoms with Crippen molar-refractivity contribution >= 4 is 29.1 Å². The largest absolute Gasteiger partial charge is 0.497 e. The van der Waals surface area contributed by atoms with E-state index in [0.717, 1.165) is 0 Å². The lowest BCUT2D eigenvalue weighted by Gasteiger charge is -2.36. The number of aliphatic hydroxyl groups is 1. The molecule has 3 aliphatic heterocycles. The average Bonchev–Trinajstić information content (AvgIpc) is 3.67. The summed E-state index contributed by atoms with van der Waals surface area (Å²) >= 11 is 0. The highest BCUT2D eigenvalue weighted by molar-refractivity contribution is 6.05. The maximum Gasteiger partial charge on any atom is 0.250 e. The van der Waals surface area contributed by atoms with Crippen molar-refractivity contribution in [2.24, 2.45) is 11.8 Å². The maximum absolute atomic E-state index is 14.4. The standard InChI is InChI=1S/C33H35N3O7/c1-3-42-24-15-11-21(12-16-24)34-30(38)27-26-17-18-33(43-26)28(27)32(40)36(25(19-37)20-7-5-4-6-8-20)29(33)31(39)35-22-9-13-23(41-2)14-10-22/h4-16,25-29,37H,3,17-19H2,1-2H3,(H,34,38)(H,35,39)/t25-,26-,27+,28+,29?,33?/m1/s1. The van der Waals surface area contributed by atoms with Crippen LogP contribution in [0.3, 0.4) is 0 Å². The number of likely N-dealkylation sites (tertiary alicyclic amines) is 1. The van der Waals surface area contributed by atoms with E-state index in [-0.39, 0.29) is 11.8 Å². The van der Waals surface area contributed by atoms with Crippen LogP contribution in [0, 0.1) is 11.8 Å². The van der Waals surface area contributed by atoms with Crippen LogP contribution in [0.5, 0.6) is 11.5 Å². The van der Waals surface area contributed by atoms with Crippen LogP contribution >= 0.6 is 0 Å². The molecule has 2 unspecified atom stereocenters. The minimum atomic E-state index is -1.22. The van der Waals surface area contributed by atoms with E-state index in [1.165, 1.54) is 4.90 Å². The fraction of sp³-hybridized carbons (Fsp3) is 0.364. The fourth-order valence-electron chi connectivity index (χ4n) is 6.97. The van der Waals surface area contributed by atoms with Gasteiger partial charge in [0.1, 0.15) is 23.1 Å². The summed E-state index contributed by atoms with van der Waals surface area (Å²) in [6.45, 7) is 2.02. The number of carbonyl (C=O) groups is 3. The highest BCUT2D eigenvalue weighted by atomic mass is 16.5. The number of nitrogens with one attached hydrogen (secondary N) is 2. The Morgan fingerprint density at radius 2 is 1.60 bits per heavy atom. The average molecular weight is 586 g/mol. The van der Waals surface area contributed by atoms with E-state index in [1.54, 1.807) is 55.6 Å². The molecule has 0 aliphatic carbocycles. The second kappa shape index (κ2) is 11.7. The summed E-state index contributed by atoms with van der Waals surface area (Å²) in [5.41, 5.74) is 0.554. The van der Waals surface area contributed by atoms with Crippen LogP contribution in [0.4, 0.5) is 11.4 Å². The summed E-state index contributed by atoms with van der Waals surface area (Å²) < 4.78 is 17.3. The molecule has 10 heteroatoms. The van der Waals surface area contributed by atoms with E-state index in [0.29, 0.717) is 47.9 Å². The number of hydrogen-bond donors (Lipinski definition) is 3. The molecule has 10 nitrogen and oxygen atoms in total. The lowest BCUT2D eigenvalue weighted by molar-refractivity contribution is -0.143. The Labute approximate surface area is 249 Å². The third-order valence-electron chi connectivity index (χ3n) is 8.77. The number of nitrogens with zero attached hydrogens (tertiary/aromatic N) is 1. The molecule has 224 valence electrons. The van der Waals surface area contributed by atoms with Gasteiger partial charge in [-0.2, -0.15) is 0 Å². The monoisotopic (exact) mass is 585 g/mol. The van der Waals surface area contributed by atoms with Gasteiger partial charge in [0.15, 0.2) is 0 Å². The highest BCUT2D eigenvalue weighted by Crippen LogP contribution is 2.60. The predicted octanol–water partition coefficient (Wildman–Crippen LogP) is 3.78. The van der Waals surface area contributed by atoms with Crippen molar-refractivity contribution in [2.75, 3.05) is 31.0 Å². The number of ether oxygens (including phenoxy) is 3. The van der Waals surface area contributed by atoms with Crippen molar-refractivity contribution in [1.82, 2.24) is 4.90 Å². The van der Waals surface area contributed by atoms with Crippen molar-refractivity contribution in [3.63, 3.8) is 0 Å². The molecule has 3 fully saturated rings. The van der Waals surface area contributed by atoms with Gasteiger partial charge in [0, 0.05) is 11.4 Å². The number of fused-ring (bicyclic) bond motifs is 1. The fourth-order valence-corrected chi connectivity index (χ4v) is 6.97. The van der Waals surface area contributed by atoms with Crippen molar-refractivity contribution in [1.29, 1.82) is 0 Å². The number of amides is 3. The van der Waals surface area contributed by atoms with E-state index in [9.17, 15) is 19.5 Å². The van der Waals surface area contributed by atoms with Gasteiger partial charge in [-0.05, 0) is 73.9 Å². The summed E-state index contributed by atoms with van der Waals surface area (Å²) in [7, 11) is 1.56. The second-order valence-electron chi connectivity index (χ2n) is 11.1. The van der Waals surface area contributed by atoms with Gasteiger partial charge in [0.05, 0.1) is 44.3 Å². The zero-order valence-electron chi connectivity index (χ0n) is 24.1. The van der Waals surface area contributed by atoms with Gasteiger partial charge in [0.25, 0.3) is 0 Å². The van der Waals surface area contributed by atoms with Crippen molar-refractivity contribution in [2.45, 2.75) is 43.6 Å². The molecule has 0 saturated carbocycles. The van der Waals surface area contributed by atoms with Crippen LogP contribution in [0.25, 0.3) is 0 Å². The van der Waals surface area contributed by atoms with Crippen LogP contribution < -0.4 is 20.1 Å².